The van der Waals surface area contributed by atoms with Crippen molar-refractivity contribution in [2.75, 3.05) is 5.32 Å². The molecular formula is C10H11NO5. The number of hydrogen-bond donors (Lipinski definition) is 4. The van der Waals surface area contributed by atoms with Gasteiger partial charge >= 0.3 is 11.9 Å². The highest BCUT2D eigenvalue weighted by molar-refractivity contribution is 5.86. The molecule has 86 valence electrons. The Kier molecular flexibility index (Phi) is 3.84. The lowest BCUT2D eigenvalue weighted by Gasteiger charge is -2.18. The van der Waals surface area contributed by atoms with E-state index in [0.717, 1.165) is 0 Å². The van der Waals surface area contributed by atoms with Gasteiger partial charge in [-0.15, -0.1) is 0 Å². The molecule has 6 heteroatoms. The zero-order chi connectivity index (χ0) is 12.1. The molecule has 0 aliphatic carbocycles. The standard InChI is InChI=1S/C10H11NO5/c12-8(10(15)16)7(9(13)14)11-6-4-2-1-3-5-6/h1-5,7-8,11-12H,(H,13,14)(H,15,16). The summed E-state index contributed by atoms with van der Waals surface area (Å²) in [6.45, 7) is 0. The predicted octanol–water partition coefficient (Wildman–Crippen LogP) is -0.00280. The van der Waals surface area contributed by atoms with Crippen molar-refractivity contribution >= 4 is 17.6 Å². The number of carboxylic acid groups (broad SMARTS) is 2. The number of aliphatic carboxylic acids is 2. The highest BCUT2D eigenvalue weighted by Crippen LogP contribution is 2.09. The molecular weight excluding hydrogens is 214 g/mol. The lowest BCUT2D eigenvalue weighted by Crippen LogP contribution is -2.45. The monoisotopic (exact) mass is 225 g/mol. The van der Waals surface area contributed by atoms with E-state index < -0.39 is 24.1 Å². The van der Waals surface area contributed by atoms with Crippen LogP contribution < -0.4 is 5.32 Å². The van der Waals surface area contributed by atoms with Crippen LogP contribution in [0.25, 0.3) is 0 Å². The first kappa shape index (κ1) is 12.0. The molecule has 0 saturated carbocycles. The predicted molar refractivity (Wildman–Crippen MR) is 55.1 cm³/mol. The number of para-hydroxylation sites is 1. The van der Waals surface area contributed by atoms with Gasteiger partial charge in [0.25, 0.3) is 0 Å². The van der Waals surface area contributed by atoms with Gasteiger partial charge in [-0.1, -0.05) is 18.2 Å². The van der Waals surface area contributed by atoms with Gasteiger partial charge in [-0.3, -0.25) is 0 Å². The summed E-state index contributed by atoms with van der Waals surface area (Å²) in [5, 5.41) is 28.9. The van der Waals surface area contributed by atoms with Gasteiger partial charge < -0.3 is 20.6 Å². The zero-order valence-corrected chi connectivity index (χ0v) is 8.20. The van der Waals surface area contributed by atoms with Crippen LogP contribution in [0.2, 0.25) is 0 Å². The van der Waals surface area contributed by atoms with E-state index in [4.69, 9.17) is 10.2 Å². The Morgan fingerprint density at radius 2 is 1.62 bits per heavy atom. The summed E-state index contributed by atoms with van der Waals surface area (Å²) in [4.78, 5) is 21.2. The van der Waals surface area contributed by atoms with Gasteiger partial charge in [0.15, 0.2) is 12.1 Å². The lowest BCUT2D eigenvalue weighted by atomic mass is 10.1. The molecule has 1 aromatic rings. The Morgan fingerprint density at radius 1 is 1.06 bits per heavy atom. The number of nitrogens with one attached hydrogen (secondary N) is 1. The number of hydrogen-bond acceptors (Lipinski definition) is 4. The van der Waals surface area contributed by atoms with E-state index in [1.807, 2.05) is 0 Å². The minimum absolute atomic E-state index is 0.426. The van der Waals surface area contributed by atoms with Gasteiger partial charge in [-0.05, 0) is 12.1 Å². The van der Waals surface area contributed by atoms with E-state index in [1.54, 1.807) is 30.3 Å². The molecule has 16 heavy (non-hydrogen) atoms. The van der Waals surface area contributed by atoms with Crippen molar-refractivity contribution in [2.24, 2.45) is 0 Å². The molecule has 0 aliphatic rings. The normalized spacial score (nSPS) is 13.8. The topological polar surface area (TPSA) is 107 Å². The van der Waals surface area contributed by atoms with Gasteiger partial charge in [-0.25, -0.2) is 9.59 Å². The van der Waals surface area contributed by atoms with E-state index >= 15 is 0 Å². The third-order valence-electron chi connectivity index (χ3n) is 1.93. The number of aliphatic hydroxyl groups excluding tert-OH is 1. The Morgan fingerprint density at radius 3 is 2.06 bits per heavy atom. The highest BCUT2D eigenvalue weighted by atomic mass is 16.4. The molecule has 0 saturated heterocycles. The van der Waals surface area contributed by atoms with Crippen LogP contribution in [0.5, 0.6) is 0 Å². The SMILES string of the molecule is O=C(O)C(O)C(Nc1ccccc1)C(=O)O. The maximum Gasteiger partial charge on any atom is 0.335 e. The smallest absolute Gasteiger partial charge is 0.335 e. The molecule has 6 nitrogen and oxygen atoms in total. The first-order valence-electron chi connectivity index (χ1n) is 4.47. The minimum Gasteiger partial charge on any atom is -0.480 e. The Bertz CT molecular complexity index is 378. The van der Waals surface area contributed by atoms with Crippen LogP contribution in [0, 0.1) is 0 Å². The summed E-state index contributed by atoms with van der Waals surface area (Å²) in [5.74, 6) is -3.02. The number of rotatable bonds is 5. The van der Waals surface area contributed by atoms with Crippen LogP contribution in [0.3, 0.4) is 0 Å². The van der Waals surface area contributed by atoms with E-state index in [9.17, 15) is 14.7 Å². The summed E-state index contributed by atoms with van der Waals surface area (Å²) in [6, 6.07) is 6.62. The number of carboxylic acids is 2. The van der Waals surface area contributed by atoms with E-state index in [1.165, 1.54) is 0 Å². The molecule has 0 amide bonds. The van der Waals surface area contributed by atoms with E-state index in [2.05, 4.69) is 5.32 Å². The summed E-state index contributed by atoms with van der Waals surface area (Å²) in [7, 11) is 0. The summed E-state index contributed by atoms with van der Waals surface area (Å²) in [5.41, 5.74) is 0.426. The van der Waals surface area contributed by atoms with E-state index in [-0.39, 0.29) is 0 Å². The van der Waals surface area contributed by atoms with Gasteiger partial charge in [0, 0.05) is 5.69 Å². The highest BCUT2D eigenvalue weighted by Gasteiger charge is 2.31. The molecule has 0 aromatic heterocycles. The van der Waals surface area contributed by atoms with Crippen LogP contribution in [0.15, 0.2) is 30.3 Å². The molecule has 1 rings (SSSR count). The Balaban J connectivity index is 2.81. The number of aliphatic hydroxyl groups is 1. The van der Waals surface area contributed by atoms with Crippen LogP contribution >= 0.6 is 0 Å². The average molecular weight is 225 g/mol. The first-order chi connectivity index (χ1) is 7.52. The molecule has 0 fully saturated rings. The van der Waals surface area contributed by atoms with Crippen molar-refractivity contribution in [2.45, 2.75) is 12.1 Å². The summed E-state index contributed by atoms with van der Waals surface area (Å²) >= 11 is 0. The first-order valence-corrected chi connectivity index (χ1v) is 4.47. The fraction of sp³-hybridized carbons (Fsp3) is 0.200. The molecule has 0 aliphatic heterocycles. The molecule has 2 atom stereocenters. The van der Waals surface area contributed by atoms with Crippen molar-refractivity contribution < 1.29 is 24.9 Å². The molecule has 0 spiro atoms. The number of benzene rings is 1. The van der Waals surface area contributed by atoms with Crippen molar-refractivity contribution in [1.29, 1.82) is 0 Å². The average Bonchev–Trinajstić information content (AvgIpc) is 2.26. The van der Waals surface area contributed by atoms with Crippen molar-refractivity contribution in [3.05, 3.63) is 30.3 Å². The van der Waals surface area contributed by atoms with Gasteiger partial charge in [-0.2, -0.15) is 0 Å². The number of carbonyl (C=O) groups is 2. The third kappa shape index (κ3) is 2.96. The van der Waals surface area contributed by atoms with Gasteiger partial charge in [0.05, 0.1) is 0 Å². The third-order valence-corrected chi connectivity index (χ3v) is 1.93. The molecule has 2 unspecified atom stereocenters. The minimum atomic E-state index is -2.00. The zero-order valence-electron chi connectivity index (χ0n) is 8.20. The fourth-order valence-electron chi connectivity index (χ4n) is 1.13. The van der Waals surface area contributed by atoms with Crippen LogP contribution in [-0.4, -0.2) is 39.4 Å². The van der Waals surface area contributed by atoms with E-state index in [0.29, 0.717) is 5.69 Å². The number of anilines is 1. The molecule has 0 bridgehead atoms. The maximum absolute atomic E-state index is 10.8. The van der Waals surface area contributed by atoms with Crippen molar-refractivity contribution in [3.63, 3.8) is 0 Å². The second-order valence-corrected chi connectivity index (χ2v) is 3.11. The maximum atomic E-state index is 10.8. The van der Waals surface area contributed by atoms with Crippen molar-refractivity contribution in [3.8, 4) is 0 Å². The van der Waals surface area contributed by atoms with Gasteiger partial charge in [0.2, 0.25) is 0 Å². The van der Waals surface area contributed by atoms with Crippen LogP contribution in [0.4, 0.5) is 5.69 Å². The van der Waals surface area contributed by atoms with Crippen molar-refractivity contribution in [1.82, 2.24) is 0 Å². The fourth-order valence-corrected chi connectivity index (χ4v) is 1.13. The molecule has 4 N–H and O–H groups in total. The van der Waals surface area contributed by atoms with Crippen LogP contribution in [-0.2, 0) is 9.59 Å². The quantitative estimate of drug-likeness (QED) is 0.561. The summed E-state index contributed by atoms with van der Waals surface area (Å²) in [6.07, 6.45) is -2.00. The van der Waals surface area contributed by atoms with Gasteiger partial charge in [0.1, 0.15) is 0 Å². The Hall–Kier alpha value is -2.08. The second kappa shape index (κ2) is 5.13. The lowest BCUT2D eigenvalue weighted by molar-refractivity contribution is -0.154. The Labute approximate surface area is 91.1 Å². The molecule has 1 aromatic carbocycles. The summed E-state index contributed by atoms with van der Waals surface area (Å²) < 4.78 is 0. The second-order valence-electron chi connectivity index (χ2n) is 3.11. The van der Waals surface area contributed by atoms with Crippen LogP contribution in [0.1, 0.15) is 0 Å². The largest absolute Gasteiger partial charge is 0.480 e. The molecule has 0 radical (unpaired) electrons. The molecule has 0 heterocycles.